The number of unbranched alkanes of at least 4 members (excludes halogenated alkanes) is 5. The molecule has 0 fully saturated rings. The quantitative estimate of drug-likeness (QED) is 0.629. The van der Waals surface area contributed by atoms with Gasteiger partial charge in [-0.15, -0.1) is 0 Å². The van der Waals surface area contributed by atoms with Crippen LogP contribution in [0.25, 0.3) is 0 Å². The molecule has 0 radical (unpaired) electrons. The molecular formula is C13H23NO. The van der Waals surface area contributed by atoms with E-state index in [2.05, 4.69) is 12.1 Å². The normalized spacial score (nSPS) is 10.9. The molecule has 15 heavy (non-hydrogen) atoms. The van der Waals surface area contributed by atoms with E-state index in [-0.39, 0.29) is 0 Å². The molecule has 2 nitrogen and oxygen atoms in total. The predicted octanol–water partition coefficient (Wildman–Crippen LogP) is 4.19. The summed E-state index contributed by atoms with van der Waals surface area (Å²) < 4.78 is 5.14. The minimum Gasteiger partial charge on any atom is -0.361 e. The zero-order chi connectivity index (χ0) is 11.1. The summed E-state index contributed by atoms with van der Waals surface area (Å²) in [4.78, 5) is 0. The zero-order valence-electron chi connectivity index (χ0n) is 10.3. The molecular weight excluding hydrogens is 186 g/mol. The highest BCUT2D eigenvalue weighted by Gasteiger charge is 2.07. The minimum absolute atomic E-state index is 1.00. The van der Waals surface area contributed by atoms with Gasteiger partial charge in [-0.3, -0.25) is 0 Å². The van der Waals surface area contributed by atoms with Crippen molar-refractivity contribution in [3.63, 3.8) is 0 Å². The topological polar surface area (TPSA) is 26.0 Å². The van der Waals surface area contributed by atoms with Crippen LogP contribution in [0.3, 0.4) is 0 Å². The number of hydrogen-bond acceptors (Lipinski definition) is 2. The molecule has 1 rings (SSSR count). The SMILES string of the molecule is CCCCCCCCc1c(C)noc1C. The highest BCUT2D eigenvalue weighted by Crippen LogP contribution is 2.16. The fraction of sp³-hybridized carbons (Fsp3) is 0.769. The summed E-state index contributed by atoms with van der Waals surface area (Å²) in [5.41, 5.74) is 2.39. The standard InChI is InChI=1S/C13H23NO/c1-4-5-6-7-8-9-10-13-11(2)14-15-12(13)3/h4-10H2,1-3H3. The van der Waals surface area contributed by atoms with Crippen LogP contribution in [0.5, 0.6) is 0 Å². The molecule has 0 saturated carbocycles. The van der Waals surface area contributed by atoms with E-state index in [4.69, 9.17) is 4.52 Å². The van der Waals surface area contributed by atoms with Gasteiger partial charge in [0.2, 0.25) is 0 Å². The number of aromatic nitrogens is 1. The van der Waals surface area contributed by atoms with Crippen LogP contribution in [0.15, 0.2) is 4.52 Å². The Balaban J connectivity index is 2.15. The largest absolute Gasteiger partial charge is 0.361 e. The van der Waals surface area contributed by atoms with Crippen molar-refractivity contribution in [2.24, 2.45) is 0 Å². The number of nitrogens with zero attached hydrogens (tertiary/aromatic N) is 1. The average Bonchev–Trinajstić information content (AvgIpc) is 2.54. The van der Waals surface area contributed by atoms with Gasteiger partial charge in [0.1, 0.15) is 5.76 Å². The van der Waals surface area contributed by atoms with Crippen LogP contribution in [0.1, 0.15) is 62.5 Å². The second-order valence-corrected chi connectivity index (χ2v) is 4.32. The summed E-state index contributed by atoms with van der Waals surface area (Å²) in [7, 11) is 0. The molecule has 1 aromatic rings. The van der Waals surface area contributed by atoms with Gasteiger partial charge in [-0.05, 0) is 26.7 Å². The Morgan fingerprint density at radius 3 is 2.27 bits per heavy atom. The van der Waals surface area contributed by atoms with Crippen LogP contribution in [-0.2, 0) is 6.42 Å². The second kappa shape index (κ2) is 6.65. The summed E-state index contributed by atoms with van der Waals surface area (Å²) in [5, 5.41) is 3.97. The van der Waals surface area contributed by atoms with Crippen molar-refractivity contribution in [3.8, 4) is 0 Å². The Morgan fingerprint density at radius 1 is 1.00 bits per heavy atom. The van der Waals surface area contributed by atoms with Crippen molar-refractivity contribution >= 4 is 0 Å². The maximum atomic E-state index is 5.14. The van der Waals surface area contributed by atoms with Crippen molar-refractivity contribution < 1.29 is 4.52 Å². The van der Waals surface area contributed by atoms with Gasteiger partial charge in [-0.1, -0.05) is 44.2 Å². The molecule has 0 atom stereocenters. The highest BCUT2D eigenvalue weighted by molar-refractivity contribution is 5.20. The fourth-order valence-corrected chi connectivity index (χ4v) is 1.94. The van der Waals surface area contributed by atoms with Gasteiger partial charge < -0.3 is 4.52 Å². The van der Waals surface area contributed by atoms with E-state index < -0.39 is 0 Å². The van der Waals surface area contributed by atoms with Gasteiger partial charge in [0.05, 0.1) is 5.69 Å². The van der Waals surface area contributed by atoms with Crippen molar-refractivity contribution in [2.75, 3.05) is 0 Å². The first-order valence-electron chi connectivity index (χ1n) is 6.17. The van der Waals surface area contributed by atoms with E-state index in [1.54, 1.807) is 0 Å². The molecule has 0 N–H and O–H groups in total. The number of rotatable bonds is 7. The molecule has 0 amide bonds. The molecule has 1 heterocycles. The summed E-state index contributed by atoms with van der Waals surface area (Å²) in [6, 6.07) is 0. The Bertz CT molecular complexity index is 259. The zero-order valence-corrected chi connectivity index (χ0v) is 10.3. The molecule has 0 spiro atoms. The summed E-state index contributed by atoms with van der Waals surface area (Å²) in [6.07, 6.45) is 9.20. The third-order valence-corrected chi connectivity index (χ3v) is 2.96. The van der Waals surface area contributed by atoms with Crippen LogP contribution < -0.4 is 0 Å². The van der Waals surface area contributed by atoms with Gasteiger partial charge in [0, 0.05) is 5.56 Å². The first kappa shape index (κ1) is 12.3. The van der Waals surface area contributed by atoms with Crippen LogP contribution in [0, 0.1) is 13.8 Å². The first-order valence-corrected chi connectivity index (χ1v) is 6.17. The summed E-state index contributed by atoms with van der Waals surface area (Å²) in [5.74, 6) is 1.00. The Hall–Kier alpha value is -0.790. The van der Waals surface area contributed by atoms with Gasteiger partial charge >= 0.3 is 0 Å². The third kappa shape index (κ3) is 4.06. The lowest BCUT2D eigenvalue weighted by molar-refractivity contribution is 0.392. The van der Waals surface area contributed by atoms with E-state index in [9.17, 15) is 0 Å². The monoisotopic (exact) mass is 209 g/mol. The van der Waals surface area contributed by atoms with E-state index in [1.165, 1.54) is 44.1 Å². The average molecular weight is 209 g/mol. The minimum atomic E-state index is 1.00. The van der Waals surface area contributed by atoms with Crippen molar-refractivity contribution in [2.45, 2.75) is 65.7 Å². The summed E-state index contributed by atoms with van der Waals surface area (Å²) >= 11 is 0. The van der Waals surface area contributed by atoms with Crippen LogP contribution in [-0.4, -0.2) is 5.16 Å². The fourth-order valence-electron chi connectivity index (χ4n) is 1.94. The number of hydrogen-bond donors (Lipinski definition) is 0. The van der Waals surface area contributed by atoms with Crippen LogP contribution in [0.4, 0.5) is 0 Å². The third-order valence-electron chi connectivity index (χ3n) is 2.96. The van der Waals surface area contributed by atoms with Crippen LogP contribution >= 0.6 is 0 Å². The maximum absolute atomic E-state index is 5.14. The lowest BCUT2D eigenvalue weighted by Crippen LogP contribution is -1.89. The first-order chi connectivity index (χ1) is 7.25. The molecule has 1 aromatic heterocycles. The van der Waals surface area contributed by atoms with Crippen molar-refractivity contribution in [3.05, 3.63) is 17.0 Å². The van der Waals surface area contributed by atoms with E-state index >= 15 is 0 Å². The lowest BCUT2D eigenvalue weighted by atomic mass is 10.0. The summed E-state index contributed by atoms with van der Waals surface area (Å²) in [6.45, 7) is 6.29. The highest BCUT2D eigenvalue weighted by atomic mass is 16.5. The van der Waals surface area contributed by atoms with E-state index in [1.807, 2.05) is 13.8 Å². The molecule has 0 aliphatic heterocycles. The lowest BCUT2D eigenvalue weighted by Gasteiger charge is -2.00. The second-order valence-electron chi connectivity index (χ2n) is 4.32. The molecule has 2 heteroatoms. The van der Waals surface area contributed by atoms with E-state index in [0.717, 1.165) is 17.9 Å². The van der Waals surface area contributed by atoms with Crippen molar-refractivity contribution in [1.82, 2.24) is 5.16 Å². The molecule has 0 bridgehead atoms. The Morgan fingerprint density at radius 2 is 1.67 bits per heavy atom. The van der Waals surface area contributed by atoms with Gasteiger partial charge in [0.25, 0.3) is 0 Å². The molecule has 0 aliphatic carbocycles. The van der Waals surface area contributed by atoms with Gasteiger partial charge in [0.15, 0.2) is 0 Å². The van der Waals surface area contributed by atoms with Gasteiger partial charge in [-0.2, -0.15) is 0 Å². The molecule has 0 unspecified atom stereocenters. The Labute approximate surface area is 93.0 Å². The Kier molecular flexibility index (Phi) is 5.44. The molecule has 0 aromatic carbocycles. The molecule has 0 saturated heterocycles. The molecule has 86 valence electrons. The number of aryl methyl sites for hydroxylation is 2. The van der Waals surface area contributed by atoms with Gasteiger partial charge in [-0.25, -0.2) is 0 Å². The smallest absolute Gasteiger partial charge is 0.137 e. The molecule has 0 aliphatic rings. The van der Waals surface area contributed by atoms with Crippen LogP contribution in [0.2, 0.25) is 0 Å². The van der Waals surface area contributed by atoms with Crippen molar-refractivity contribution in [1.29, 1.82) is 0 Å². The predicted molar refractivity (Wildman–Crippen MR) is 63.1 cm³/mol. The van der Waals surface area contributed by atoms with E-state index in [0.29, 0.717) is 0 Å². The maximum Gasteiger partial charge on any atom is 0.137 e.